The number of carbonyl (C=O) groups is 1. The molecule has 110 valence electrons. The van der Waals surface area contributed by atoms with Crippen LogP contribution in [0.2, 0.25) is 0 Å². The molecule has 0 radical (unpaired) electrons. The number of aryl methyl sites for hydroxylation is 2. The summed E-state index contributed by atoms with van der Waals surface area (Å²) in [6.45, 7) is 0.464. The Hall–Kier alpha value is -1.65. The lowest BCUT2D eigenvalue weighted by molar-refractivity contribution is 0.0955. The average molecular weight is 300 g/mol. The first-order chi connectivity index (χ1) is 10.2. The van der Waals surface area contributed by atoms with Gasteiger partial charge in [0.15, 0.2) is 0 Å². The molecule has 21 heavy (non-hydrogen) atoms. The van der Waals surface area contributed by atoms with Crippen molar-refractivity contribution in [1.29, 1.82) is 0 Å². The summed E-state index contributed by atoms with van der Waals surface area (Å²) < 4.78 is 0. The summed E-state index contributed by atoms with van der Waals surface area (Å²) in [4.78, 5) is 14.5. The Morgan fingerprint density at radius 3 is 2.76 bits per heavy atom. The molecule has 0 saturated heterocycles. The molecular weight excluding hydrogens is 280 g/mol. The molecule has 0 spiro atoms. The zero-order valence-corrected chi connectivity index (χ0v) is 12.8. The van der Waals surface area contributed by atoms with Crippen LogP contribution in [0.5, 0.6) is 0 Å². The maximum atomic E-state index is 12.2. The summed E-state index contributed by atoms with van der Waals surface area (Å²) in [6.07, 6.45) is 4.72. The fourth-order valence-electron chi connectivity index (χ4n) is 2.71. The van der Waals surface area contributed by atoms with E-state index in [9.17, 15) is 4.79 Å². The standard InChI is InChI=1S/C17H20N2OS/c18-14(12-6-2-1-3-7-12)11-19-17(20)16-10-13-8-4-5-9-15(13)21-16/h1-3,6-7,10,14H,4-5,8-9,11,18H2,(H,19,20). The largest absolute Gasteiger partial charge is 0.349 e. The third-order valence-electron chi connectivity index (χ3n) is 3.93. The lowest BCUT2D eigenvalue weighted by Gasteiger charge is -2.12. The summed E-state index contributed by atoms with van der Waals surface area (Å²) in [7, 11) is 0. The maximum absolute atomic E-state index is 12.2. The van der Waals surface area contributed by atoms with Gasteiger partial charge in [-0.05, 0) is 42.9 Å². The molecule has 0 saturated carbocycles. The maximum Gasteiger partial charge on any atom is 0.261 e. The Morgan fingerprint density at radius 1 is 1.24 bits per heavy atom. The highest BCUT2D eigenvalue weighted by molar-refractivity contribution is 7.14. The number of nitrogens with two attached hydrogens (primary N) is 1. The number of hydrogen-bond acceptors (Lipinski definition) is 3. The zero-order valence-electron chi connectivity index (χ0n) is 12.0. The van der Waals surface area contributed by atoms with E-state index in [1.807, 2.05) is 30.3 Å². The Bertz CT molecular complexity index is 597. The van der Waals surface area contributed by atoms with Crippen LogP contribution in [-0.2, 0) is 12.8 Å². The van der Waals surface area contributed by atoms with Crippen LogP contribution in [0.1, 0.15) is 44.6 Å². The SMILES string of the molecule is NC(CNC(=O)c1cc2c(s1)CCCC2)c1ccccc1. The monoisotopic (exact) mass is 300 g/mol. The molecule has 4 heteroatoms. The highest BCUT2D eigenvalue weighted by Gasteiger charge is 2.17. The van der Waals surface area contributed by atoms with Crippen LogP contribution in [0, 0.1) is 0 Å². The second-order valence-corrected chi connectivity index (χ2v) is 6.63. The zero-order chi connectivity index (χ0) is 14.7. The second-order valence-electron chi connectivity index (χ2n) is 5.49. The van der Waals surface area contributed by atoms with Gasteiger partial charge in [0.25, 0.3) is 5.91 Å². The Morgan fingerprint density at radius 2 is 2.00 bits per heavy atom. The van der Waals surface area contributed by atoms with Gasteiger partial charge in [-0.1, -0.05) is 30.3 Å². The number of benzene rings is 1. The number of carbonyl (C=O) groups excluding carboxylic acids is 1. The number of nitrogens with one attached hydrogen (secondary N) is 1. The Labute approximate surface area is 129 Å². The van der Waals surface area contributed by atoms with E-state index < -0.39 is 0 Å². The lowest BCUT2D eigenvalue weighted by atomic mass is 9.99. The van der Waals surface area contributed by atoms with Crippen LogP contribution >= 0.6 is 11.3 Å². The van der Waals surface area contributed by atoms with Crippen LogP contribution in [0.15, 0.2) is 36.4 Å². The van der Waals surface area contributed by atoms with E-state index in [4.69, 9.17) is 5.73 Å². The summed E-state index contributed by atoms with van der Waals surface area (Å²) >= 11 is 1.64. The van der Waals surface area contributed by atoms with E-state index in [0.29, 0.717) is 6.54 Å². The van der Waals surface area contributed by atoms with Crippen molar-refractivity contribution < 1.29 is 4.79 Å². The number of hydrogen-bond donors (Lipinski definition) is 2. The van der Waals surface area contributed by atoms with E-state index in [0.717, 1.165) is 23.3 Å². The van der Waals surface area contributed by atoms with Gasteiger partial charge in [-0.3, -0.25) is 4.79 Å². The normalized spacial score (nSPS) is 15.3. The molecule has 0 aliphatic heterocycles. The smallest absolute Gasteiger partial charge is 0.261 e. The van der Waals surface area contributed by atoms with Crippen molar-refractivity contribution in [3.8, 4) is 0 Å². The molecule has 1 heterocycles. The number of rotatable bonds is 4. The number of amides is 1. The van der Waals surface area contributed by atoms with Crippen LogP contribution in [0.25, 0.3) is 0 Å². The predicted octanol–water partition coefficient (Wildman–Crippen LogP) is 3.06. The molecule has 1 amide bonds. The molecule has 1 aliphatic carbocycles. The second kappa shape index (κ2) is 6.41. The fraction of sp³-hybridized carbons (Fsp3) is 0.353. The van der Waals surface area contributed by atoms with Crippen molar-refractivity contribution in [1.82, 2.24) is 5.32 Å². The topological polar surface area (TPSA) is 55.1 Å². The Kier molecular flexibility index (Phi) is 4.36. The third kappa shape index (κ3) is 3.34. The molecule has 1 unspecified atom stereocenters. The molecule has 3 nitrogen and oxygen atoms in total. The van der Waals surface area contributed by atoms with Gasteiger partial charge in [-0.2, -0.15) is 0 Å². The first-order valence-corrected chi connectivity index (χ1v) is 8.26. The molecule has 3 N–H and O–H groups in total. The van der Waals surface area contributed by atoms with Gasteiger partial charge in [0, 0.05) is 17.5 Å². The van der Waals surface area contributed by atoms with Crippen LogP contribution in [0.4, 0.5) is 0 Å². The molecule has 1 aliphatic rings. The summed E-state index contributed by atoms with van der Waals surface area (Å²) in [5.41, 5.74) is 8.52. The van der Waals surface area contributed by atoms with Gasteiger partial charge >= 0.3 is 0 Å². The summed E-state index contributed by atoms with van der Waals surface area (Å²) in [5.74, 6) is 0.000723. The van der Waals surface area contributed by atoms with Crippen LogP contribution in [-0.4, -0.2) is 12.5 Å². The van der Waals surface area contributed by atoms with Gasteiger partial charge in [0.1, 0.15) is 0 Å². The molecule has 1 atom stereocenters. The third-order valence-corrected chi connectivity index (χ3v) is 5.17. The van der Waals surface area contributed by atoms with Crippen molar-refractivity contribution in [3.63, 3.8) is 0 Å². The van der Waals surface area contributed by atoms with Gasteiger partial charge in [0.05, 0.1) is 4.88 Å². The molecule has 0 fully saturated rings. The van der Waals surface area contributed by atoms with E-state index in [-0.39, 0.29) is 11.9 Å². The molecule has 1 aromatic heterocycles. The van der Waals surface area contributed by atoms with E-state index in [1.54, 1.807) is 11.3 Å². The van der Waals surface area contributed by atoms with E-state index in [2.05, 4.69) is 11.4 Å². The van der Waals surface area contributed by atoms with Gasteiger partial charge in [-0.15, -0.1) is 11.3 Å². The van der Waals surface area contributed by atoms with Crippen molar-refractivity contribution >= 4 is 17.2 Å². The van der Waals surface area contributed by atoms with E-state index >= 15 is 0 Å². The van der Waals surface area contributed by atoms with Gasteiger partial charge in [0.2, 0.25) is 0 Å². The highest BCUT2D eigenvalue weighted by Crippen LogP contribution is 2.29. The van der Waals surface area contributed by atoms with E-state index in [1.165, 1.54) is 23.3 Å². The molecule has 2 aromatic rings. The molecule has 3 rings (SSSR count). The van der Waals surface area contributed by atoms with Crippen molar-refractivity contribution in [3.05, 3.63) is 57.3 Å². The van der Waals surface area contributed by atoms with Gasteiger partial charge < -0.3 is 11.1 Å². The number of fused-ring (bicyclic) bond motifs is 1. The quantitative estimate of drug-likeness (QED) is 0.912. The van der Waals surface area contributed by atoms with Gasteiger partial charge in [-0.25, -0.2) is 0 Å². The van der Waals surface area contributed by atoms with Crippen LogP contribution < -0.4 is 11.1 Å². The van der Waals surface area contributed by atoms with Crippen LogP contribution in [0.3, 0.4) is 0 Å². The average Bonchev–Trinajstić information content (AvgIpc) is 2.97. The molecule has 0 bridgehead atoms. The minimum absolute atomic E-state index is 0.000723. The summed E-state index contributed by atoms with van der Waals surface area (Å²) in [6, 6.07) is 11.8. The van der Waals surface area contributed by atoms with Crippen molar-refractivity contribution in [2.45, 2.75) is 31.7 Å². The first kappa shape index (κ1) is 14.3. The Balaban J connectivity index is 1.60. The first-order valence-electron chi connectivity index (χ1n) is 7.44. The highest BCUT2D eigenvalue weighted by atomic mass is 32.1. The van der Waals surface area contributed by atoms with Crippen molar-refractivity contribution in [2.75, 3.05) is 6.54 Å². The fourth-order valence-corrected chi connectivity index (χ4v) is 3.88. The predicted molar refractivity (Wildman–Crippen MR) is 86.7 cm³/mol. The molecular formula is C17H20N2OS. The minimum atomic E-state index is -0.162. The van der Waals surface area contributed by atoms with Crippen molar-refractivity contribution in [2.24, 2.45) is 5.73 Å². The summed E-state index contributed by atoms with van der Waals surface area (Å²) in [5, 5.41) is 2.95. The minimum Gasteiger partial charge on any atom is -0.349 e. The molecule has 1 aromatic carbocycles. The number of thiophene rings is 1. The lowest BCUT2D eigenvalue weighted by Crippen LogP contribution is -2.31.